The van der Waals surface area contributed by atoms with E-state index in [4.69, 9.17) is 9.47 Å². The van der Waals surface area contributed by atoms with Gasteiger partial charge >= 0.3 is 0 Å². The van der Waals surface area contributed by atoms with Gasteiger partial charge in [-0.2, -0.15) is 0 Å². The molecule has 8 heteroatoms. The van der Waals surface area contributed by atoms with Crippen LogP contribution >= 0.6 is 0 Å². The molecular formula is C21H28N2O5S. The second kappa shape index (κ2) is 9.65. The van der Waals surface area contributed by atoms with E-state index in [1.54, 1.807) is 57.5 Å². The zero-order chi connectivity index (χ0) is 21.6. The van der Waals surface area contributed by atoms with Crippen LogP contribution in [0.2, 0.25) is 0 Å². The molecule has 0 spiro atoms. The summed E-state index contributed by atoms with van der Waals surface area (Å²) < 4.78 is 36.5. The first-order chi connectivity index (χ1) is 13.7. The van der Waals surface area contributed by atoms with Crippen LogP contribution in [0.25, 0.3) is 0 Å². The average molecular weight is 421 g/mol. The predicted molar refractivity (Wildman–Crippen MR) is 114 cm³/mol. The van der Waals surface area contributed by atoms with E-state index in [2.05, 4.69) is 5.32 Å². The Kier molecular flexibility index (Phi) is 7.50. The van der Waals surface area contributed by atoms with Crippen molar-refractivity contribution in [1.82, 2.24) is 5.32 Å². The molecule has 0 bridgehead atoms. The smallest absolute Gasteiger partial charge is 0.244 e. The summed E-state index contributed by atoms with van der Waals surface area (Å²) in [4.78, 5) is 13.0. The summed E-state index contributed by atoms with van der Waals surface area (Å²) in [5.41, 5.74) is 1.29. The number of amides is 1. The molecule has 2 atom stereocenters. The van der Waals surface area contributed by atoms with Crippen molar-refractivity contribution in [3.05, 3.63) is 54.1 Å². The number of hydrogen-bond acceptors (Lipinski definition) is 5. The second-order valence-corrected chi connectivity index (χ2v) is 8.51. The monoisotopic (exact) mass is 420 g/mol. The Bertz CT molecular complexity index is 931. The lowest BCUT2D eigenvalue weighted by molar-refractivity contribution is -0.122. The van der Waals surface area contributed by atoms with Crippen LogP contribution in [0.4, 0.5) is 5.69 Å². The standard InChI is InChI=1S/C21H28N2O5S/c1-6-18(16-12-13-19(27-3)20(14-16)28-4)22-21(24)15(2)23(29(5,25)26)17-10-8-7-9-11-17/h7-15,18H,6H2,1-5H3,(H,22,24)/t15-,18+/m1/s1. The van der Waals surface area contributed by atoms with Crippen molar-refractivity contribution in [3.8, 4) is 11.5 Å². The maximum Gasteiger partial charge on any atom is 0.244 e. The molecule has 0 aliphatic carbocycles. The molecule has 2 aromatic rings. The van der Waals surface area contributed by atoms with E-state index in [-0.39, 0.29) is 11.9 Å². The van der Waals surface area contributed by atoms with E-state index in [1.165, 1.54) is 0 Å². The highest BCUT2D eigenvalue weighted by Crippen LogP contribution is 2.31. The number of rotatable bonds is 9. The van der Waals surface area contributed by atoms with Crippen molar-refractivity contribution in [1.29, 1.82) is 0 Å². The average Bonchev–Trinajstić information content (AvgIpc) is 2.71. The number of carbonyl (C=O) groups is 1. The molecule has 0 fully saturated rings. The molecule has 0 aromatic heterocycles. The molecule has 2 rings (SSSR count). The lowest BCUT2D eigenvalue weighted by Crippen LogP contribution is -2.48. The molecule has 1 N–H and O–H groups in total. The van der Waals surface area contributed by atoms with Crippen molar-refractivity contribution < 1.29 is 22.7 Å². The first-order valence-electron chi connectivity index (χ1n) is 9.29. The Balaban J connectivity index is 2.28. The topological polar surface area (TPSA) is 84.9 Å². The van der Waals surface area contributed by atoms with Crippen molar-refractivity contribution >= 4 is 21.6 Å². The number of hydrogen-bond donors (Lipinski definition) is 1. The number of benzene rings is 2. The normalized spacial score (nSPS) is 13.3. The van der Waals surface area contributed by atoms with Crippen LogP contribution in [0.1, 0.15) is 31.9 Å². The van der Waals surface area contributed by atoms with E-state index < -0.39 is 16.1 Å². The van der Waals surface area contributed by atoms with Gasteiger partial charge in [-0.15, -0.1) is 0 Å². The fourth-order valence-corrected chi connectivity index (χ4v) is 4.34. The van der Waals surface area contributed by atoms with E-state index in [9.17, 15) is 13.2 Å². The highest BCUT2D eigenvalue weighted by atomic mass is 32.2. The molecule has 7 nitrogen and oxygen atoms in total. The first-order valence-corrected chi connectivity index (χ1v) is 11.1. The van der Waals surface area contributed by atoms with Gasteiger partial charge in [-0.25, -0.2) is 8.42 Å². The third kappa shape index (κ3) is 5.41. The first kappa shape index (κ1) is 22.5. The molecule has 0 radical (unpaired) electrons. The lowest BCUT2D eigenvalue weighted by atomic mass is 10.0. The van der Waals surface area contributed by atoms with Crippen molar-refractivity contribution in [2.24, 2.45) is 0 Å². The van der Waals surface area contributed by atoms with Crippen LogP contribution in [0.15, 0.2) is 48.5 Å². The predicted octanol–water partition coefficient (Wildman–Crippen LogP) is 3.13. The van der Waals surface area contributed by atoms with Crippen LogP contribution in [-0.4, -0.2) is 40.8 Å². The minimum absolute atomic E-state index is 0.304. The SMILES string of the molecule is CC[C@H](NC(=O)[C@@H](C)N(c1ccccc1)S(C)(=O)=O)c1ccc(OC)c(OC)c1. The molecule has 0 saturated heterocycles. The van der Waals surface area contributed by atoms with Gasteiger partial charge in [-0.1, -0.05) is 31.2 Å². The highest BCUT2D eigenvalue weighted by Gasteiger charge is 2.30. The molecule has 0 saturated carbocycles. The van der Waals surface area contributed by atoms with Gasteiger partial charge in [-0.3, -0.25) is 9.10 Å². The van der Waals surface area contributed by atoms with Crippen LogP contribution < -0.4 is 19.1 Å². The number of carbonyl (C=O) groups excluding carboxylic acids is 1. The van der Waals surface area contributed by atoms with Crippen molar-refractivity contribution in [2.45, 2.75) is 32.4 Å². The van der Waals surface area contributed by atoms with E-state index in [0.29, 0.717) is 23.6 Å². The zero-order valence-corrected chi connectivity index (χ0v) is 18.2. The zero-order valence-electron chi connectivity index (χ0n) is 17.4. The Morgan fingerprint density at radius 1 is 1.07 bits per heavy atom. The van der Waals surface area contributed by atoms with Crippen LogP contribution in [-0.2, 0) is 14.8 Å². The molecule has 0 unspecified atom stereocenters. The number of sulfonamides is 1. The summed E-state index contributed by atoms with van der Waals surface area (Å²) in [6.45, 7) is 3.52. The molecule has 158 valence electrons. The lowest BCUT2D eigenvalue weighted by Gasteiger charge is -2.29. The quantitative estimate of drug-likeness (QED) is 0.674. The van der Waals surface area contributed by atoms with Crippen molar-refractivity contribution in [3.63, 3.8) is 0 Å². The number of para-hydroxylation sites is 1. The van der Waals surface area contributed by atoms with Gasteiger partial charge in [-0.05, 0) is 43.2 Å². The summed E-state index contributed by atoms with van der Waals surface area (Å²) in [5.74, 6) is 0.770. The maximum atomic E-state index is 13.0. The molecule has 29 heavy (non-hydrogen) atoms. The Morgan fingerprint density at radius 2 is 1.69 bits per heavy atom. The fourth-order valence-electron chi connectivity index (χ4n) is 3.17. The van der Waals surface area contributed by atoms with Gasteiger partial charge in [0.1, 0.15) is 6.04 Å². The number of anilines is 1. The molecule has 1 amide bonds. The largest absolute Gasteiger partial charge is 0.493 e. The van der Waals surface area contributed by atoms with E-state index >= 15 is 0 Å². The van der Waals surface area contributed by atoms with Crippen LogP contribution in [0, 0.1) is 0 Å². The van der Waals surface area contributed by atoms with E-state index in [1.807, 2.05) is 19.1 Å². The maximum absolute atomic E-state index is 13.0. The molecule has 0 aliphatic heterocycles. The Morgan fingerprint density at radius 3 is 2.21 bits per heavy atom. The van der Waals surface area contributed by atoms with Gasteiger partial charge in [0, 0.05) is 0 Å². The van der Waals surface area contributed by atoms with Crippen LogP contribution in [0.3, 0.4) is 0 Å². The fraction of sp³-hybridized carbons (Fsp3) is 0.381. The van der Waals surface area contributed by atoms with Crippen molar-refractivity contribution in [2.75, 3.05) is 24.8 Å². The Hall–Kier alpha value is -2.74. The summed E-state index contributed by atoms with van der Waals surface area (Å²) in [6, 6.07) is 12.8. The summed E-state index contributed by atoms with van der Waals surface area (Å²) in [7, 11) is -0.547. The minimum atomic E-state index is -3.65. The van der Waals surface area contributed by atoms with Gasteiger partial charge in [0.05, 0.1) is 32.2 Å². The summed E-state index contributed by atoms with van der Waals surface area (Å²) in [6.07, 6.45) is 1.72. The summed E-state index contributed by atoms with van der Waals surface area (Å²) in [5, 5.41) is 2.95. The van der Waals surface area contributed by atoms with E-state index in [0.717, 1.165) is 16.1 Å². The van der Waals surface area contributed by atoms with Gasteiger partial charge in [0.25, 0.3) is 0 Å². The van der Waals surface area contributed by atoms with Crippen LogP contribution in [0.5, 0.6) is 11.5 Å². The van der Waals surface area contributed by atoms with Gasteiger partial charge < -0.3 is 14.8 Å². The Labute approximate surface area is 172 Å². The summed E-state index contributed by atoms with van der Waals surface area (Å²) >= 11 is 0. The number of nitrogens with one attached hydrogen (secondary N) is 1. The molecular weight excluding hydrogens is 392 g/mol. The third-order valence-electron chi connectivity index (χ3n) is 4.63. The molecule has 0 heterocycles. The molecule has 0 aliphatic rings. The second-order valence-electron chi connectivity index (χ2n) is 6.65. The number of ether oxygens (including phenoxy) is 2. The third-order valence-corrected chi connectivity index (χ3v) is 5.88. The minimum Gasteiger partial charge on any atom is -0.493 e. The number of methoxy groups -OCH3 is 2. The highest BCUT2D eigenvalue weighted by molar-refractivity contribution is 7.92. The van der Waals surface area contributed by atoms with Gasteiger partial charge in [0.15, 0.2) is 11.5 Å². The molecule has 2 aromatic carbocycles. The van der Waals surface area contributed by atoms with Gasteiger partial charge in [0.2, 0.25) is 15.9 Å². The number of nitrogens with zero attached hydrogens (tertiary/aromatic N) is 1.